The maximum Gasteiger partial charge on any atom is 0.337 e. The fourth-order valence-corrected chi connectivity index (χ4v) is 2.67. The van der Waals surface area contributed by atoms with Crippen LogP contribution in [0.1, 0.15) is 5.56 Å². The van der Waals surface area contributed by atoms with Gasteiger partial charge >= 0.3 is 5.69 Å². The second-order valence-electron chi connectivity index (χ2n) is 5.79. The third-order valence-electron chi connectivity index (χ3n) is 3.82. The molecule has 1 aromatic heterocycles. The molecule has 3 rings (SSSR count). The summed E-state index contributed by atoms with van der Waals surface area (Å²) in [6.45, 7) is 0.227. The number of halogens is 1. The molecule has 11 heteroatoms. The minimum absolute atomic E-state index is 0.00376. The monoisotopic (exact) mass is 470 g/mol. The van der Waals surface area contributed by atoms with Crippen LogP contribution < -0.4 is 15.4 Å². The quantitative estimate of drug-likeness (QED) is 0.250. The number of anilines is 4. The van der Waals surface area contributed by atoms with Gasteiger partial charge in [0.05, 0.1) is 17.7 Å². The van der Waals surface area contributed by atoms with Gasteiger partial charge in [0.1, 0.15) is 17.3 Å². The zero-order chi connectivity index (χ0) is 21.5. The Morgan fingerprint density at radius 3 is 2.67 bits per heavy atom. The minimum atomic E-state index is -0.731. The van der Waals surface area contributed by atoms with E-state index in [1.54, 1.807) is 12.1 Å². The number of nitrogens with zero attached hydrogens (tertiary/aromatic N) is 4. The molecule has 2 aromatic carbocycles. The van der Waals surface area contributed by atoms with Crippen LogP contribution in [0.2, 0.25) is 0 Å². The molecule has 0 atom stereocenters. The fraction of sp³-hybridized carbons (Fsp3) is 0.105. The molecule has 30 heavy (non-hydrogen) atoms. The highest BCUT2D eigenvalue weighted by molar-refractivity contribution is 9.09. The Morgan fingerprint density at radius 2 is 2.00 bits per heavy atom. The molecule has 152 valence electrons. The Hall–Kier alpha value is -3.91. The maximum absolute atomic E-state index is 11.5. The van der Waals surface area contributed by atoms with Crippen LogP contribution in [0.5, 0.6) is 11.5 Å². The molecule has 0 aliphatic rings. The van der Waals surface area contributed by atoms with E-state index in [-0.39, 0.29) is 35.4 Å². The van der Waals surface area contributed by atoms with Crippen molar-refractivity contribution in [3.05, 3.63) is 64.3 Å². The predicted octanol–water partition coefficient (Wildman–Crippen LogP) is 4.22. The van der Waals surface area contributed by atoms with Gasteiger partial charge in [-0.3, -0.25) is 10.1 Å². The number of benzene rings is 2. The normalized spacial score (nSPS) is 10.1. The van der Waals surface area contributed by atoms with E-state index in [0.29, 0.717) is 11.0 Å². The highest BCUT2D eigenvalue weighted by atomic mass is 79.9. The van der Waals surface area contributed by atoms with Crippen LogP contribution in [0.15, 0.2) is 48.7 Å². The van der Waals surface area contributed by atoms with E-state index in [9.17, 15) is 20.5 Å². The molecule has 10 nitrogen and oxygen atoms in total. The lowest BCUT2D eigenvalue weighted by Crippen LogP contribution is -2.05. The smallest absolute Gasteiger partial charge is 0.337 e. The van der Waals surface area contributed by atoms with E-state index < -0.39 is 16.4 Å². The van der Waals surface area contributed by atoms with Crippen molar-refractivity contribution in [1.29, 1.82) is 5.26 Å². The number of ether oxygens (including phenoxy) is 1. The highest BCUT2D eigenvalue weighted by Crippen LogP contribution is 2.42. The number of alkyl halides is 1. The van der Waals surface area contributed by atoms with Gasteiger partial charge in [-0.15, -0.1) is 0 Å². The number of phenols is 1. The van der Waals surface area contributed by atoms with E-state index in [1.165, 1.54) is 18.3 Å². The van der Waals surface area contributed by atoms with Gasteiger partial charge in [-0.25, -0.2) is 4.98 Å². The molecule has 1 heterocycles. The number of hydrogen-bond donors (Lipinski definition) is 3. The molecular formula is C19H15BrN6O4. The van der Waals surface area contributed by atoms with E-state index in [0.717, 1.165) is 0 Å². The molecule has 0 aliphatic carbocycles. The van der Waals surface area contributed by atoms with Crippen LogP contribution >= 0.6 is 15.9 Å². The third kappa shape index (κ3) is 4.73. The van der Waals surface area contributed by atoms with Crippen LogP contribution in [0, 0.1) is 21.4 Å². The van der Waals surface area contributed by atoms with Gasteiger partial charge in [-0.1, -0.05) is 34.1 Å². The fourth-order valence-electron chi connectivity index (χ4n) is 2.51. The molecule has 0 fully saturated rings. The summed E-state index contributed by atoms with van der Waals surface area (Å²) >= 11 is 3.18. The Kier molecular flexibility index (Phi) is 6.61. The Labute approximate surface area is 179 Å². The summed E-state index contributed by atoms with van der Waals surface area (Å²) < 4.78 is 5.29. The number of aromatic hydroxyl groups is 1. The van der Waals surface area contributed by atoms with Crippen molar-refractivity contribution < 1.29 is 14.8 Å². The van der Waals surface area contributed by atoms with Gasteiger partial charge in [0.25, 0.3) is 0 Å². The van der Waals surface area contributed by atoms with Gasteiger partial charge in [-0.2, -0.15) is 10.2 Å². The Balaban J connectivity index is 1.94. The third-order valence-corrected chi connectivity index (χ3v) is 4.15. The first kappa shape index (κ1) is 20.8. The van der Waals surface area contributed by atoms with Crippen LogP contribution in [0.3, 0.4) is 0 Å². The lowest BCUT2D eigenvalue weighted by molar-refractivity contribution is -0.385. The minimum Gasteiger partial charge on any atom is -0.499 e. The molecule has 0 amide bonds. The molecule has 0 aliphatic heterocycles. The molecule has 0 unspecified atom stereocenters. The van der Waals surface area contributed by atoms with Crippen molar-refractivity contribution in [3.63, 3.8) is 0 Å². The van der Waals surface area contributed by atoms with Crippen molar-refractivity contribution in [2.24, 2.45) is 0 Å². The summed E-state index contributed by atoms with van der Waals surface area (Å²) in [5.74, 6) is -0.393. The summed E-state index contributed by atoms with van der Waals surface area (Å²) in [6, 6.07) is 13.9. The topological polar surface area (TPSA) is 146 Å². The van der Waals surface area contributed by atoms with Crippen molar-refractivity contribution in [1.82, 2.24) is 9.97 Å². The number of aromatic nitrogens is 2. The van der Waals surface area contributed by atoms with Crippen molar-refractivity contribution in [3.8, 4) is 17.6 Å². The summed E-state index contributed by atoms with van der Waals surface area (Å²) in [4.78, 5) is 19.0. The number of nitro groups is 1. The number of nitriles is 1. The molecule has 0 saturated heterocycles. The van der Waals surface area contributed by atoms with Gasteiger partial charge in [0.2, 0.25) is 11.7 Å². The highest BCUT2D eigenvalue weighted by Gasteiger charge is 2.25. The van der Waals surface area contributed by atoms with Crippen molar-refractivity contribution >= 4 is 44.8 Å². The first-order valence-corrected chi connectivity index (χ1v) is 9.71. The van der Waals surface area contributed by atoms with Gasteiger partial charge in [0.15, 0.2) is 11.6 Å². The van der Waals surface area contributed by atoms with Crippen LogP contribution in [-0.2, 0) is 0 Å². The average Bonchev–Trinajstić information content (AvgIpc) is 2.74. The molecule has 0 saturated carbocycles. The Bertz CT molecular complexity index is 1100. The number of phenolic OH excluding ortho intramolecular Hbond substituents is 1. The van der Waals surface area contributed by atoms with Crippen LogP contribution in [0.4, 0.5) is 28.8 Å². The average molecular weight is 471 g/mol. The van der Waals surface area contributed by atoms with E-state index in [1.807, 2.05) is 24.3 Å². The van der Waals surface area contributed by atoms with Gasteiger partial charge in [-0.05, 0) is 24.3 Å². The summed E-state index contributed by atoms with van der Waals surface area (Å²) in [5.41, 5.74) is 0.294. The maximum atomic E-state index is 11.5. The largest absolute Gasteiger partial charge is 0.499 e. The van der Waals surface area contributed by atoms with Crippen molar-refractivity contribution in [2.45, 2.75) is 0 Å². The zero-order valence-electron chi connectivity index (χ0n) is 15.4. The molecular weight excluding hydrogens is 456 g/mol. The molecule has 0 spiro atoms. The number of para-hydroxylation sites is 1. The summed E-state index contributed by atoms with van der Waals surface area (Å²) in [5, 5.41) is 37.3. The van der Waals surface area contributed by atoms with Gasteiger partial charge in [0, 0.05) is 11.0 Å². The number of hydrogen-bond acceptors (Lipinski definition) is 9. The number of nitro benzene ring substituents is 1. The van der Waals surface area contributed by atoms with Crippen molar-refractivity contribution in [2.75, 3.05) is 22.6 Å². The summed E-state index contributed by atoms with van der Waals surface area (Å²) in [6.07, 6.45) is 1.29. The number of nitrogens with one attached hydrogen (secondary N) is 2. The molecule has 3 aromatic rings. The second kappa shape index (κ2) is 9.53. The summed E-state index contributed by atoms with van der Waals surface area (Å²) in [7, 11) is 0. The lowest BCUT2D eigenvalue weighted by Gasteiger charge is -2.12. The molecule has 0 radical (unpaired) electrons. The van der Waals surface area contributed by atoms with E-state index in [4.69, 9.17) is 4.74 Å². The first-order valence-electron chi connectivity index (χ1n) is 8.59. The van der Waals surface area contributed by atoms with E-state index in [2.05, 4.69) is 36.5 Å². The molecule has 0 bridgehead atoms. The predicted molar refractivity (Wildman–Crippen MR) is 114 cm³/mol. The van der Waals surface area contributed by atoms with Gasteiger partial charge < -0.3 is 20.5 Å². The van der Waals surface area contributed by atoms with E-state index >= 15 is 0 Å². The second-order valence-corrected chi connectivity index (χ2v) is 6.58. The Morgan fingerprint density at radius 1 is 1.23 bits per heavy atom. The zero-order valence-corrected chi connectivity index (χ0v) is 17.0. The lowest BCUT2D eigenvalue weighted by atomic mass is 10.2. The van der Waals surface area contributed by atoms with Crippen LogP contribution in [-0.4, -0.2) is 31.9 Å². The number of rotatable bonds is 8. The first-order chi connectivity index (χ1) is 14.5. The molecule has 3 N–H and O–H groups in total. The standard InChI is InChI=1S/C19H15BrN6O4/c20-8-9-30-15-7-6-14(16(17(15)27)26(28)29)24-19-22-11-12(10-21)18(25-19)23-13-4-2-1-3-5-13/h1-7,11,27H,8-9H2,(H2,22,23,24,25). The van der Waals surface area contributed by atoms with Crippen LogP contribution in [0.25, 0.3) is 0 Å². The SMILES string of the molecule is N#Cc1cnc(Nc2ccc(OCCBr)c(O)c2[N+](=O)[O-])nc1Nc1ccccc1.